The Balaban J connectivity index is 0.00000226. The molecule has 0 saturated carbocycles. The van der Waals surface area contributed by atoms with Crippen LogP contribution in [0.3, 0.4) is 0 Å². The average Bonchev–Trinajstić information content (AvgIpc) is 3.50. The number of amides is 1. The van der Waals surface area contributed by atoms with E-state index in [1.807, 2.05) is 63.3 Å². The molecule has 1 N–H and O–H groups in total. The summed E-state index contributed by atoms with van der Waals surface area (Å²) in [7, 11) is 0. The Kier molecular flexibility index (Phi) is 11.9. The highest BCUT2D eigenvalue weighted by Gasteiger charge is 2.33. The van der Waals surface area contributed by atoms with Crippen molar-refractivity contribution in [2.75, 3.05) is 23.3 Å². The molecule has 218 valence electrons. The summed E-state index contributed by atoms with van der Waals surface area (Å²) < 4.78 is 0. The summed E-state index contributed by atoms with van der Waals surface area (Å²) in [5.41, 5.74) is 8.27. The molecule has 1 saturated heterocycles. The van der Waals surface area contributed by atoms with Crippen LogP contribution in [-0.2, 0) is 4.79 Å². The highest BCUT2D eigenvalue weighted by molar-refractivity contribution is 5.99. The van der Waals surface area contributed by atoms with Crippen LogP contribution in [0, 0.1) is 5.41 Å². The lowest BCUT2D eigenvalue weighted by atomic mass is 9.68. The predicted molar refractivity (Wildman–Crippen MR) is 176 cm³/mol. The number of nitrogens with zero attached hydrogens (tertiary/aromatic N) is 2. The largest absolute Gasteiger partial charge is 0.370 e. The van der Waals surface area contributed by atoms with Crippen molar-refractivity contribution in [1.29, 1.82) is 0 Å². The molecular formula is C37H49N3O. The van der Waals surface area contributed by atoms with Gasteiger partial charge in [-0.15, -0.1) is 0 Å². The van der Waals surface area contributed by atoms with Gasteiger partial charge in [-0.2, -0.15) is 0 Å². The second kappa shape index (κ2) is 15.4. The summed E-state index contributed by atoms with van der Waals surface area (Å²) in [4.78, 5) is 19.6. The first kappa shape index (κ1) is 31.9. The predicted octanol–water partition coefficient (Wildman–Crippen LogP) is 9.57. The van der Waals surface area contributed by atoms with E-state index in [-0.39, 0.29) is 11.3 Å². The zero-order valence-electron chi connectivity index (χ0n) is 26.2. The highest BCUT2D eigenvalue weighted by atomic mass is 16.1. The van der Waals surface area contributed by atoms with Gasteiger partial charge in [0.1, 0.15) is 0 Å². The third-order valence-corrected chi connectivity index (χ3v) is 7.96. The smallest absolute Gasteiger partial charge is 0.248 e. The standard InChI is InChI=1S/C35H43N3O.C2H6/c1-26(12-11-13-27(2)24-34(39)37-29-14-7-6-8-15-29)16-18-32-28(3)31(20-21-35(32,4)5)33-19-17-30(25-36-33)38-22-9-10-23-38;1-2/h6-8,11-19,24-25,31H,9-10,20-23H2,1-5H3,(H,37,39);1-2H3/b13-11+,18-16+,26-12+,27-24-;. The third-order valence-electron chi connectivity index (χ3n) is 7.96. The van der Waals surface area contributed by atoms with Gasteiger partial charge in [0.25, 0.3) is 0 Å². The molecule has 4 heteroatoms. The Morgan fingerprint density at radius 2 is 1.71 bits per heavy atom. The van der Waals surface area contributed by atoms with Crippen LogP contribution in [0.5, 0.6) is 0 Å². The van der Waals surface area contributed by atoms with Gasteiger partial charge in [-0.05, 0) is 87.3 Å². The van der Waals surface area contributed by atoms with E-state index in [0.717, 1.165) is 37.2 Å². The first-order chi connectivity index (χ1) is 19.7. The number of hydrogen-bond acceptors (Lipinski definition) is 3. The summed E-state index contributed by atoms with van der Waals surface area (Å²) in [5, 5.41) is 2.88. The van der Waals surface area contributed by atoms with Crippen molar-refractivity contribution < 1.29 is 4.79 Å². The number of carbonyl (C=O) groups excluding carboxylic acids is 1. The van der Waals surface area contributed by atoms with Crippen LogP contribution in [0.4, 0.5) is 11.4 Å². The van der Waals surface area contributed by atoms with Gasteiger partial charge in [-0.3, -0.25) is 9.78 Å². The minimum absolute atomic E-state index is 0.124. The summed E-state index contributed by atoms with van der Waals surface area (Å²) in [6.07, 6.45) is 19.1. The fraction of sp³-hybridized carbons (Fsp3) is 0.405. The van der Waals surface area contributed by atoms with Crippen molar-refractivity contribution in [2.24, 2.45) is 5.41 Å². The van der Waals surface area contributed by atoms with Gasteiger partial charge >= 0.3 is 0 Å². The number of pyridine rings is 1. The quantitative estimate of drug-likeness (QED) is 0.262. The van der Waals surface area contributed by atoms with E-state index in [1.165, 1.54) is 40.9 Å². The number of hydrogen-bond donors (Lipinski definition) is 1. The van der Waals surface area contributed by atoms with E-state index in [9.17, 15) is 4.79 Å². The van der Waals surface area contributed by atoms with E-state index in [1.54, 1.807) is 6.08 Å². The first-order valence-corrected chi connectivity index (χ1v) is 15.2. The van der Waals surface area contributed by atoms with E-state index in [4.69, 9.17) is 4.98 Å². The van der Waals surface area contributed by atoms with Gasteiger partial charge in [0.05, 0.1) is 11.9 Å². The van der Waals surface area contributed by atoms with Gasteiger partial charge in [0.2, 0.25) is 5.91 Å². The molecule has 41 heavy (non-hydrogen) atoms. The molecule has 0 radical (unpaired) electrons. The number of aromatic nitrogens is 1. The van der Waals surface area contributed by atoms with Crippen LogP contribution in [0.2, 0.25) is 0 Å². The molecule has 1 aliphatic heterocycles. The van der Waals surface area contributed by atoms with Crippen LogP contribution in [0.15, 0.2) is 107 Å². The number of nitrogens with one attached hydrogen (secondary N) is 1. The number of para-hydroxylation sites is 1. The van der Waals surface area contributed by atoms with Gasteiger partial charge in [0, 0.05) is 36.5 Å². The molecule has 1 aromatic carbocycles. The molecule has 1 atom stereocenters. The fourth-order valence-corrected chi connectivity index (χ4v) is 5.65. The van der Waals surface area contributed by atoms with Gasteiger partial charge in [-0.1, -0.05) is 87.4 Å². The van der Waals surface area contributed by atoms with Crippen molar-refractivity contribution >= 4 is 17.3 Å². The Bertz CT molecular complexity index is 1290. The maximum atomic E-state index is 12.2. The minimum atomic E-state index is -0.124. The van der Waals surface area contributed by atoms with E-state index in [0.29, 0.717) is 5.92 Å². The van der Waals surface area contributed by atoms with Gasteiger partial charge in [-0.25, -0.2) is 0 Å². The molecule has 1 aliphatic carbocycles. The normalized spacial score (nSPS) is 19.5. The van der Waals surface area contributed by atoms with Crippen LogP contribution < -0.4 is 10.2 Å². The number of benzene rings is 1. The van der Waals surface area contributed by atoms with Crippen molar-refractivity contribution in [3.05, 3.63) is 113 Å². The van der Waals surface area contributed by atoms with Crippen LogP contribution in [0.25, 0.3) is 0 Å². The molecule has 2 aromatic rings. The monoisotopic (exact) mass is 551 g/mol. The number of allylic oxidation sites excluding steroid dienone is 9. The molecule has 4 nitrogen and oxygen atoms in total. The number of carbonyl (C=O) groups is 1. The average molecular weight is 552 g/mol. The molecule has 1 amide bonds. The topological polar surface area (TPSA) is 45.2 Å². The molecule has 2 aliphatic rings. The Morgan fingerprint density at radius 1 is 1.00 bits per heavy atom. The van der Waals surface area contributed by atoms with Gasteiger partial charge in [0.15, 0.2) is 0 Å². The van der Waals surface area contributed by atoms with Crippen molar-refractivity contribution in [3.63, 3.8) is 0 Å². The summed E-state index contributed by atoms with van der Waals surface area (Å²) >= 11 is 0. The van der Waals surface area contributed by atoms with Crippen molar-refractivity contribution in [2.45, 2.75) is 80.1 Å². The zero-order valence-corrected chi connectivity index (χ0v) is 26.2. The molecule has 1 unspecified atom stereocenters. The lowest BCUT2D eigenvalue weighted by molar-refractivity contribution is -0.111. The first-order valence-electron chi connectivity index (χ1n) is 15.2. The molecule has 0 spiro atoms. The van der Waals surface area contributed by atoms with Gasteiger partial charge < -0.3 is 10.2 Å². The fourth-order valence-electron chi connectivity index (χ4n) is 5.65. The van der Waals surface area contributed by atoms with Crippen molar-refractivity contribution in [3.8, 4) is 0 Å². The second-order valence-electron chi connectivity index (χ2n) is 11.6. The Labute approximate surface area is 248 Å². The van der Waals surface area contributed by atoms with Crippen LogP contribution in [0.1, 0.15) is 85.8 Å². The maximum absolute atomic E-state index is 12.2. The number of anilines is 2. The SMILES string of the molecule is CC.CC1=C(/C=C/C(C)=C/C=C/C(C)=C\C(=O)Nc2ccccc2)C(C)(C)CCC1c1ccc(N2CCCC2)cn1. The Morgan fingerprint density at radius 3 is 2.37 bits per heavy atom. The van der Waals surface area contributed by atoms with E-state index in [2.05, 4.69) is 74.5 Å². The number of rotatable bonds is 8. The third kappa shape index (κ3) is 9.18. The molecule has 4 rings (SSSR count). The molecule has 2 heterocycles. The molecule has 1 fully saturated rings. The lowest BCUT2D eigenvalue weighted by Gasteiger charge is -2.37. The molecule has 0 bridgehead atoms. The van der Waals surface area contributed by atoms with Crippen LogP contribution >= 0.6 is 0 Å². The van der Waals surface area contributed by atoms with Crippen molar-refractivity contribution in [1.82, 2.24) is 4.98 Å². The second-order valence-corrected chi connectivity index (χ2v) is 11.6. The lowest BCUT2D eigenvalue weighted by Crippen LogP contribution is -2.24. The minimum Gasteiger partial charge on any atom is -0.370 e. The maximum Gasteiger partial charge on any atom is 0.248 e. The van der Waals surface area contributed by atoms with Crippen LogP contribution in [-0.4, -0.2) is 24.0 Å². The zero-order chi connectivity index (χ0) is 29.8. The molecule has 1 aromatic heterocycles. The van der Waals surface area contributed by atoms with E-state index < -0.39 is 0 Å². The highest BCUT2D eigenvalue weighted by Crippen LogP contribution is 2.47. The summed E-state index contributed by atoms with van der Waals surface area (Å²) in [6.45, 7) is 17.3. The Hall–Kier alpha value is -3.66. The van der Waals surface area contributed by atoms with E-state index >= 15 is 0 Å². The summed E-state index contributed by atoms with van der Waals surface area (Å²) in [5.74, 6) is 0.241. The summed E-state index contributed by atoms with van der Waals surface area (Å²) in [6, 6.07) is 14.0. The molecular weight excluding hydrogens is 502 g/mol.